The minimum atomic E-state index is -0.910. The molecule has 0 bridgehead atoms. The molecule has 0 radical (unpaired) electrons. The molecule has 0 spiro atoms. The zero-order chi connectivity index (χ0) is 16.6. The summed E-state index contributed by atoms with van der Waals surface area (Å²) in [5.74, 6) is -0.910. The third kappa shape index (κ3) is 8.63. The van der Waals surface area contributed by atoms with Gasteiger partial charge in [0.1, 0.15) is 5.60 Å². The summed E-state index contributed by atoms with van der Waals surface area (Å²) >= 11 is 0. The zero-order valence-corrected chi connectivity index (χ0v) is 13.7. The van der Waals surface area contributed by atoms with Gasteiger partial charge in [-0.2, -0.15) is 0 Å². The van der Waals surface area contributed by atoms with Crippen LogP contribution in [-0.2, 0) is 9.53 Å². The van der Waals surface area contributed by atoms with Crippen LogP contribution in [0.3, 0.4) is 0 Å². The number of carboxylic acid groups (broad SMARTS) is 1. The van der Waals surface area contributed by atoms with Gasteiger partial charge in [-0.15, -0.1) is 0 Å². The van der Waals surface area contributed by atoms with E-state index in [2.05, 4.69) is 15.1 Å². The van der Waals surface area contributed by atoms with E-state index in [-0.39, 0.29) is 6.09 Å². The molecule has 7 heteroatoms. The summed E-state index contributed by atoms with van der Waals surface area (Å²) in [7, 11) is 0. The minimum absolute atomic E-state index is 0.384. The van der Waals surface area contributed by atoms with Gasteiger partial charge in [-0.1, -0.05) is 6.08 Å². The van der Waals surface area contributed by atoms with Crippen LogP contribution in [-0.4, -0.2) is 78.4 Å². The minimum Gasteiger partial charge on any atom is -0.478 e. The molecular weight excluding hydrogens is 286 g/mol. The van der Waals surface area contributed by atoms with Gasteiger partial charge < -0.3 is 15.2 Å². The van der Waals surface area contributed by atoms with E-state index in [4.69, 9.17) is 9.84 Å². The normalized spacial score (nSPS) is 17.6. The third-order valence-corrected chi connectivity index (χ3v) is 3.19. The Labute approximate surface area is 131 Å². The van der Waals surface area contributed by atoms with Crippen molar-refractivity contribution in [3.05, 3.63) is 12.2 Å². The lowest BCUT2D eigenvalue weighted by Gasteiger charge is -2.34. The number of carbonyl (C=O) groups is 2. The largest absolute Gasteiger partial charge is 0.478 e. The lowest BCUT2D eigenvalue weighted by molar-refractivity contribution is -0.131. The summed E-state index contributed by atoms with van der Waals surface area (Å²) in [6.07, 6.45) is 2.46. The fraction of sp³-hybridized carbons (Fsp3) is 0.733. The number of alkyl carbamates (subject to hydrolysis) is 1. The van der Waals surface area contributed by atoms with Crippen LogP contribution in [0, 0.1) is 0 Å². The van der Waals surface area contributed by atoms with Crippen molar-refractivity contribution >= 4 is 12.1 Å². The molecule has 2 N–H and O–H groups in total. The topological polar surface area (TPSA) is 82.1 Å². The maximum atomic E-state index is 11.5. The maximum Gasteiger partial charge on any atom is 0.407 e. The number of nitrogens with zero attached hydrogens (tertiary/aromatic N) is 2. The fourth-order valence-corrected chi connectivity index (χ4v) is 2.13. The van der Waals surface area contributed by atoms with Gasteiger partial charge in [0.2, 0.25) is 0 Å². The molecule has 0 unspecified atom stereocenters. The quantitative estimate of drug-likeness (QED) is 0.705. The summed E-state index contributed by atoms with van der Waals surface area (Å²) < 4.78 is 5.18. The predicted molar refractivity (Wildman–Crippen MR) is 83.9 cm³/mol. The van der Waals surface area contributed by atoms with Crippen LogP contribution in [0.1, 0.15) is 20.8 Å². The van der Waals surface area contributed by atoms with Gasteiger partial charge in [0.05, 0.1) is 0 Å². The first-order valence-electron chi connectivity index (χ1n) is 7.57. The van der Waals surface area contributed by atoms with Crippen LogP contribution < -0.4 is 5.32 Å². The van der Waals surface area contributed by atoms with Gasteiger partial charge in [-0.3, -0.25) is 9.80 Å². The molecule has 1 aliphatic heterocycles. The molecule has 0 aromatic rings. The van der Waals surface area contributed by atoms with Crippen LogP contribution in [0.2, 0.25) is 0 Å². The van der Waals surface area contributed by atoms with Crippen LogP contribution in [0.25, 0.3) is 0 Å². The molecule has 1 heterocycles. The van der Waals surface area contributed by atoms with Gasteiger partial charge in [0.15, 0.2) is 0 Å². The fourth-order valence-electron chi connectivity index (χ4n) is 2.13. The highest BCUT2D eigenvalue weighted by Gasteiger charge is 2.18. The Hall–Kier alpha value is -1.60. The summed E-state index contributed by atoms with van der Waals surface area (Å²) in [4.78, 5) is 26.4. The molecule has 22 heavy (non-hydrogen) atoms. The number of hydrogen-bond acceptors (Lipinski definition) is 5. The number of rotatable bonds is 6. The Morgan fingerprint density at radius 2 is 1.77 bits per heavy atom. The standard InChI is InChI=1S/C15H27N3O4/c1-15(2,3)22-14(21)16-6-8-18-11-9-17(10-12-18)7-4-5-13(19)20/h4-5H,6-12H2,1-3H3,(H,16,21)(H,19,20)/b5-4+. The lowest BCUT2D eigenvalue weighted by Crippen LogP contribution is -2.48. The van der Waals surface area contributed by atoms with Crippen LogP contribution >= 0.6 is 0 Å². The third-order valence-electron chi connectivity index (χ3n) is 3.19. The van der Waals surface area contributed by atoms with Crippen LogP contribution in [0.5, 0.6) is 0 Å². The summed E-state index contributed by atoms with van der Waals surface area (Å²) in [5, 5.41) is 11.3. The average Bonchev–Trinajstić information content (AvgIpc) is 2.38. The van der Waals surface area contributed by atoms with E-state index in [1.807, 2.05) is 20.8 Å². The highest BCUT2D eigenvalue weighted by atomic mass is 16.6. The molecule has 1 rings (SSSR count). The van der Waals surface area contributed by atoms with Crippen molar-refractivity contribution in [1.29, 1.82) is 0 Å². The van der Waals surface area contributed by atoms with Crippen LogP contribution in [0.4, 0.5) is 4.79 Å². The Morgan fingerprint density at radius 1 is 1.18 bits per heavy atom. The van der Waals surface area contributed by atoms with Crippen molar-refractivity contribution in [2.75, 3.05) is 45.8 Å². The average molecular weight is 313 g/mol. The van der Waals surface area contributed by atoms with Gasteiger partial charge in [0.25, 0.3) is 0 Å². The Kier molecular flexibility index (Phi) is 7.34. The Balaban J connectivity index is 2.13. The number of carboxylic acids is 1. The first-order chi connectivity index (χ1) is 10.3. The smallest absolute Gasteiger partial charge is 0.407 e. The van der Waals surface area contributed by atoms with E-state index in [1.165, 1.54) is 6.08 Å². The van der Waals surface area contributed by atoms with Gasteiger partial charge in [-0.25, -0.2) is 9.59 Å². The molecule has 1 fully saturated rings. The molecule has 0 saturated carbocycles. The van der Waals surface area contributed by atoms with E-state index in [1.54, 1.807) is 6.08 Å². The van der Waals surface area contributed by atoms with E-state index in [0.717, 1.165) is 32.7 Å². The van der Waals surface area contributed by atoms with Crippen molar-refractivity contribution in [1.82, 2.24) is 15.1 Å². The van der Waals surface area contributed by atoms with E-state index in [9.17, 15) is 9.59 Å². The van der Waals surface area contributed by atoms with E-state index >= 15 is 0 Å². The van der Waals surface area contributed by atoms with Crippen molar-refractivity contribution in [3.63, 3.8) is 0 Å². The monoisotopic (exact) mass is 313 g/mol. The first-order valence-corrected chi connectivity index (χ1v) is 7.57. The van der Waals surface area contributed by atoms with Crippen LogP contribution in [0.15, 0.2) is 12.2 Å². The molecule has 0 aromatic heterocycles. The lowest BCUT2D eigenvalue weighted by atomic mass is 10.2. The maximum absolute atomic E-state index is 11.5. The molecular formula is C15H27N3O4. The molecule has 0 atom stereocenters. The second kappa shape index (κ2) is 8.75. The second-order valence-corrected chi connectivity index (χ2v) is 6.31. The van der Waals surface area contributed by atoms with E-state index < -0.39 is 11.6 Å². The number of hydrogen-bond donors (Lipinski definition) is 2. The number of aliphatic carboxylic acids is 1. The number of carbonyl (C=O) groups excluding carboxylic acids is 1. The zero-order valence-electron chi connectivity index (χ0n) is 13.7. The molecule has 1 saturated heterocycles. The number of nitrogens with one attached hydrogen (secondary N) is 1. The highest BCUT2D eigenvalue weighted by molar-refractivity contribution is 5.79. The van der Waals surface area contributed by atoms with Crippen molar-refractivity contribution in [3.8, 4) is 0 Å². The highest BCUT2D eigenvalue weighted by Crippen LogP contribution is 2.06. The number of ether oxygens (including phenoxy) is 1. The summed E-state index contributed by atoms with van der Waals surface area (Å²) in [6.45, 7) is 11.2. The number of amides is 1. The molecule has 0 aromatic carbocycles. The van der Waals surface area contributed by atoms with Crippen molar-refractivity contribution < 1.29 is 19.4 Å². The molecule has 1 aliphatic rings. The first kappa shape index (κ1) is 18.4. The molecule has 0 aliphatic carbocycles. The van der Waals surface area contributed by atoms with E-state index in [0.29, 0.717) is 13.1 Å². The molecule has 7 nitrogen and oxygen atoms in total. The summed E-state index contributed by atoms with van der Waals surface area (Å²) in [5.41, 5.74) is -0.473. The second-order valence-electron chi connectivity index (χ2n) is 6.31. The Morgan fingerprint density at radius 3 is 2.32 bits per heavy atom. The summed E-state index contributed by atoms with van der Waals surface area (Å²) in [6, 6.07) is 0. The van der Waals surface area contributed by atoms with Gasteiger partial charge in [-0.05, 0) is 20.8 Å². The predicted octanol–water partition coefficient (Wildman–Crippen LogP) is 0.770. The molecule has 1 amide bonds. The number of piperazine rings is 1. The van der Waals surface area contributed by atoms with Gasteiger partial charge in [0, 0.05) is 51.9 Å². The van der Waals surface area contributed by atoms with Gasteiger partial charge >= 0.3 is 12.1 Å². The Bertz CT molecular complexity index is 396. The molecule has 126 valence electrons. The van der Waals surface area contributed by atoms with Crippen molar-refractivity contribution in [2.24, 2.45) is 0 Å². The SMILES string of the molecule is CC(C)(C)OC(=O)NCCN1CCN(C/C=C/C(=O)O)CC1. The van der Waals surface area contributed by atoms with Crippen molar-refractivity contribution in [2.45, 2.75) is 26.4 Å².